The summed E-state index contributed by atoms with van der Waals surface area (Å²) in [7, 11) is 1.69. The van der Waals surface area contributed by atoms with E-state index in [0.717, 1.165) is 12.2 Å². The van der Waals surface area contributed by atoms with Gasteiger partial charge in [0.05, 0.1) is 5.76 Å². The fourth-order valence-electron chi connectivity index (χ4n) is 1.30. The Kier molecular flexibility index (Phi) is 2.55. The van der Waals surface area contributed by atoms with Crippen LogP contribution in [0, 0.1) is 5.92 Å². The number of rotatable bonds is 1. The van der Waals surface area contributed by atoms with Crippen molar-refractivity contribution in [1.82, 2.24) is 0 Å². The maximum absolute atomic E-state index is 5.48. The van der Waals surface area contributed by atoms with E-state index in [2.05, 4.69) is 13.8 Å². The van der Waals surface area contributed by atoms with Gasteiger partial charge in [-0.05, 0) is 25.3 Å². The lowest BCUT2D eigenvalue weighted by Crippen LogP contribution is -2.24. The Balaban J connectivity index is 2.68. The number of allylic oxidation sites excluding steroid dienone is 2. The second-order valence-corrected chi connectivity index (χ2v) is 3.16. The first-order valence-electron chi connectivity index (χ1n) is 4.02. The topological polar surface area (TPSA) is 18.5 Å². The van der Waals surface area contributed by atoms with Crippen molar-refractivity contribution in [3.8, 4) is 0 Å². The molecule has 1 heterocycles. The minimum absolute atomic E-state index is 0.0336. The van der Waals surface area contributed by atoms with E-state index in [1.165, 1.54) is 5.57 Å². The van der Waals surface area contributed by atoms with Crippen LogP contribution in [0.5, 0.6) is 0 Å². The molecule has 0 radical (unpaired) electrons. The average molecular weight is 156 g/mol. The molecule has 0 saturated heterocycles. The smallest absolute Gasteiger partial charge is 0.199 e. The fourth-order valence-corrected chi connectivity index (χ4v) is 1.30. The van der Waals surface area contributed by atoms with Gasteiger partial charge in [0.15, 0.2) is 6.29 Å². The fraction of sp³-hybridized carbons (Fsp3) is 0.778. The Bertz CT molecular complexity index is 172. The number of hydrogen-bond acceptors (Lipinski definition) is 2. The van der Waals surface area contributed by atoms with Gasteiger partial charge in [0.1, 0.15) is 0 Å². The van der Waals surface area contributed by atoms with Crippen LogP contribution in [0.3, 0.4) is 0 Å². The van der Waals surface area contributed by atoms with Crippen LogP contribution in [-0.2, 0) is 9.47 Å². The van der Waals surface area contributed by atoms with E-state index in [4.69, 9.17) is 9.47 Å². The van der Waals surface area contributed by atoms with Crippen molar-refractivity contribution in [3.05, 3.63) is 11.3 Å². The molecule has 2 unspecified atom stereocenters. The molecule has 0 spiro atoms. The molecule has 2 heteroatoms. The summed E-state index contributed by atoms with van der Waals surface area (Å²) in [4.78, 5) is 0. The number of hydrogen-bond donors (Lipinski definition) is 0. The molecule has 0 aromatic carbocycles. The highest BCUT2D eigenvalue weighted by molar-refractivity contribution is 5.09. The van der Waals surface area contributed by atoms with Crippen molar-refractivity contribution in [3.63, 3.8) is 0 Å². The predicted molar refractivity (Wildman–Crippen MR) is 44.0 cm³/mol. The van der Waals surface area contributed by atoms with Crippen molar-refractivity contribution in [2.75, 3.05) is 7.11 Å². The predicted octanol–water partition coefficient (Wildman–Crippen LogP) is 2.31. The Labute approximate surface area is 68.2 Å². The van der Waals surface area contributed by atoms with Crippen LogP contribution in [-0.4, -0.2) is 13.4 Å². The van der Waals surface area contributed by atoms with Crippen molar-refractivity contribution in [2.24, 2.45) is 5.92 Å². The zero-order valence-corrected chi connectivity index (χ0v) is 7.68. The van der Waals surface area contributed by atoms with Gasteiger partial charge in [0, 0.05) is 13.5 Å². The molecule has 0 amide bonds. The summed E-state index contributed by atoms with van der Waals surface area (Å²) in [5, 5.41) is 0. The molecule has 0 N–H and O–H groups in total. The molecule has 11 heavy (non-hydrogen) atoms. The van der Waals surface area contributed by atoms with Crippen molar-refractivity contribution in [1.29, 1.82) is 0 Å². The Morgan fingerprint density at radius 3 is 2.55 bits per heavy atom. The summed E-state index contributed by atoms with van der Waals surface area (Å²) in [5.41, 5.74) is 1.35. The monoisotopic (exact) mass is 156 g/mol. The second-order valence-electron chi connectivity index (χ2n) is 3.16. The lowest BCUT2D eigenvalue weighted by Gasteiger charge is -2.28. The van der Waals surface area contributed by atoms with Crippen LogP contribution in [0.2, 0.25) is 0 Å². The highest BCUT2D eigenvalue weighted by Gasteiger charge is 2.22. The zero-order chi connectivity index (χ0) is 8.43. The molecule has 0 aliphatic carbocycles. The first-order chi connectivity index (χ1) is 5.15. The summed E-state index contributed by atoms with van der Waals surface area (Å²) in [6.07, 6.45) is 0.938. The highest BCUT2D eigenvalue weighted by Crippen LogP contribution is 2.28. The van der Waals surface area contributed by atoms with Crippen LogP contribution < -0.4 is 0 Å². The molecule has 2 nitrogen and oxygen atoms in total. The minimum atomic E-state index is -0.0336. The zero-order valence-electron chi connectivity index (χ0n) is 7.68. The highest BCUT2D eigenvalue weighted by atomic mass is 16.7. The molecular weight excluding hydrogens is 140 g/mol. The van der Waals surface area contributed by atoms with Gasteiger partial charge in [-0.3, -0.25) is 0 Å². The number of ether oxygens (including phenoxy) is 2. The van der Waals surface area contributed by atoms with E-state index in [1.54, 1.807) is 7.11 Å². The van der Waals surface area contributed by atoms with Crippen LogP contribution in [0.4, 0.5) is 0 Å². The van der Waals surface area contributed by atoms with Crippen molar-refractivity contribution in [2.45, 2.75) is 33.5 Å². The SMILES string of the molecule is COC1CC(C)C(C)=C(C)O1. The van der Waals surface area contributed by atoms with Crippen LogP contribution in [0.1, 0.15) is 27.2 Å². The molecular formula is C9H16O2. The van der Waals surface area contributed by atoms with Crippen LogP contribution in [0.15, 0.2) is 11.3 Å². The van der Waals surface area contributed by atoms with Crippen LogP contribution in [0.25, 0.3) is 0 Å². The third-order valence-corrected chi connectivity index (χ3v) is 2.41. The maximum atomic E-state index is 5.48. The lowest BCUT2D eigenvalue weighted by molar-refractivity contribution is -0.113. The van der Waals surface area contributed by atoms with Crippen molar-refractivity contribution < 1.29 is 9.47 Å². The standard InChI is InChI=1S/C9H16O2/c1-6-5-9(10-4)11-8(3)7(6)2/h6,9H,5H2,1-4H3. The van der Waals surface area contributed by atoms with E-state index < -0.39 is 0 Å². The molecule has 64 valence electrons. The summed E-state index contributed by atoms with van der Waals surface area (Å²) in [6, 6.07) is 0. The Morgan fingerprint density at radius 2 is 2.09 bits per heavy atom. The Hall–Kier alpha value is -0.500. The molecule has 1 aliphatic rings. The van der Waals surface area contributed by atoms with E-state index in [1.807, 2.05) is 6.92 Å². The molecule has 1 aliphatic heterocycles. The Morgan fingerprint density at radius 1 is 1.45 bits per heavy atom. The molecule has 0 fully saturated rings. The molecule has 1 rings (SSSR count). The van der Waals surface area contributed by atoms with E-state index in [-0.39, 0.29) is 6.29 Å². The third-order valence-electron chi connectivity index (χ3n) is 2.41. The summed E-state index contributed by atoms with van der Waals surface area (Å²) in [5.74, 6) is 1.62. The first-order valence-corrected chi connectivity index (χ1v) is 4.02. The maximum Gasteiger partial charge on any atom is 0.199 e. The lowest BCUT2D eigenvalue weighted by atomic mass is 9.96. The average Bonchev–Trinajstić information content (AvgIpc) is 1.99. The van der Waals surface area contributed by atoms with Gasteiger partial charge in [-0.25, -0.2) is 0 Å². The van der Waals surface area contributed by atoms with E-state index >= 15 is 0 Å². The van der Waals surface area contributed by atoms with Gasteiger partial charge in [-0.2, -0.15) is 0 Å². The van der Waals surface area contributed by atoms with Gasteiger partial charge < -0.3 is 9.47 Å². The number of methoxy groups -OCH3 is 1. The van der Waals surface area contributed by atoms with Gasteiger partial charge >= 0.3 is 0 Å². The molecule has 0 bridgehead atoms. The summed E-state index contributed by atoms with van der Waals surface area (Å²) >= 11 is 0. The molecule has 0 aromatic heterocycles. The normalized spacial score (nSPS) is 32.0. The quantitative estimate of drug-likeness (QED) is 0.580. The second kappa shape index (κ2) is 3.26. The summed E-state index contributed by atoms with van der Waals surface area (Å²) < 4.78 is 10.6. The van der Waals surface area contributed by atoms with Gasteiger partial charge in [-0.15, -0.1) is 0 Å². The largest absolute Gasteiger partial charge is 0.470 e. The third kappa shape index (κ3) is 1.74. The first kappa shape index (κ1) is 8.60. The van der Waals surface area contributed by atoms with Gasteiger partial charge in [-0.1, -0.05) is 6.92 Å². The van der Waals surface area contributed by atoms with E-state index in [9.17, 15) is 0 Å². The minimum Gasteiger partial charge on any atom is -0.470 e. The molecule has 0 aromatic rings. The van der Waals surface area contributed by atoms with Gasteiger partial charge in [0.2, 0.25) is 0 Å². The van der Waals surface area contributed by atoms with Gasteiger partial charge in [0.25, 0.3) is 0 Å². The van der Waals surface area contributed by atoms with Crippen LogP contribution >= 0.6 is 0 Å². The van der Waals surface area contributed by atoms with Crippen molar-refractivity contribution >= 4 is 0 Å². The summed E-state index contributed by atoms with van der Waals surface area (Å²) in [6.45, 7) is 6.32. The molecule has 2 atom stereocenters. The van der Waals surface area contributed by atoms with E-state index in [0.29, 0.717) is 5.92 Å². The molecule has 0 saturated carbocycles.